The van der Waals surface area contributed by atoms with Crippen molar-refractivity contribution in [2.24, 2.45) is 0 Å². The van der Waals surface area contributed by atoms with Gasteiger partial charge in [-0.15, -0.1) is 0 Å². The first-order chi connectivity index (χ1) is 19.1. The zero-order valence-corrected chi connectivity index (χ0v) is 22.2. The first-order valence-corrected chi connectivity index (χ1v) is 13.1. The van der Waals surface area contributed by atoms with Gasteiger partial charge in [-0.25, -0.2) is 0 Å². The molecule has 0 unspecified atom stereocenters. The third kappa shape index (κ3) is 5.97. The fraction of sp³-hybridized carbons (Fsp3) is 0.345. The van der Waals surface area contributed by atoms with Gasteiger partial charge in [0.1, 0.15) is 17.0 Å². The minimum atomic E-state index is -0.335. The Morgan fingerprint density at radius 2 is 1.72 bits per heavy atom. The summed E-state index contributed by atoms with van der Waals surface area (Å²) in [6, 6.07) is 17.1. The number of para-hydroxylation sites is 1. The first-order valence-electron chi connectivity index (χ1n) is 13.1. The molecule has 4 aromatic rings. The average molecular weight is 532 g/mol. The van der Waals surface area contributed by atoms with Crippen molar-refractivity contribution in [1.82, 2.24) is 20.0 Å². The first kappa shape index (κ1) is 26.5. The molecule has 0 aliphatic carbocycles. The Balaban J connectivity index is 1.24. The number of carbonyl (C=O) groups excluding carboxylic acids is 2. The zero-order valence-electron chi connectivity index (χ0n) is 22.2. The van der Waals surface area contributed by atoms with Crippen LogP contribution in [-0.4, -0.2) is 80.1 Å². The zero-order chi connectivity index (χ0) is 27.2. The van der Waals surface area contributed by atoms with E-state index < -0.39 is 0 Å². The summed E-state index contributed by atoms with van der Waals surface area (Å²) in [6.07, 6.45) is 0.111. The second-order valence-corrected chi connectivity index (χ2v) is 9.34. The van der Waals surface area contributed by atoms with E-state index >= 15 is 0 Å². The standard InChI is InChI=1S/C29H33N5O5/c1-37-24-9-5-8-23-27(32-34(28(23)24)13-12-33-14-16-39-17-15-33)29(36)30-11-10-26(35)31-21-18-20-6-3-4-7-22(20)25(19-21)38-2/h3-9,18-19H,10-17H2,1-2H3,(H,30,36)(H,31,35). The maximum absolute atomic E-state index is 13.1. The van der Waals surface area contributed by atoms with Crippen LogP contribution < -0.4 is 20.1 Å². The van der Waals surface area contributed by atoms with Gasteiger partial charge in [-0.2, -0.15) is 5.10 Å². The van der Waals surface area contributed by atoms with Crippen molar-refractivity contribution in [3.8, 4) is 11.5 Å². The topological polar surface area (TPSA) is 107 Å². The normalized spacial score (nSPS) is 13.9. The van der Waals surface area contributed by atoms with Crippen molar-refractivity contribution in [2.45, 2.75) is 13.0 Å². The number of hydrogen-bond acceptors (Lipinski definition) is 7. The van der Waals surface area contributed by atoms with E-state index in [9.17, 15) is 9.59 Å². The third-order valence-corrected chi connectivity index (χ3v) is 6.86. The van der Waals surface area contributed by atoms with Crippen LogP contribution in [0.5, 0.6) is 11.5 Å². The number of anilines is 1. The highest BCUT2D eigenvalue weighted by Gasteiger charge is 2.21. The third-order valence-electron chi connectivity index (χ3n) is 6.86. The van der Waals surface area contributed by atoms with Gasteiger partial charge in [0.05, 0.1) is 34.0 Å². The number of nitrogens with one attached hydrogen (secondary N) is 2. The fourth-order valence-electron chi connectivity index (χ4n) is 4.87. The van der Waals surface area contributed by atoms with Crippen molar-refractivity contribution in [3.63, 3.8) is 0 Å². The van der Waals surface area contributed by atoms with E-state index in [0.29, 0.717) is 34.8 Å². The Labute approximate surface area is 226 Å². The molecule has 5 rings (SSSR count). The SMILES string of the molecule is COc1cc(NC(=O)CCNC(=O)c2nn(CCN3CCOCC3)c3c(OC)cccc23)cc2ccccc12. The van der Waals surface area contributed by atoms with Crippen molar-refractivity contribution >= 4 is 39.2 Å². The smallest absolute Gasteiger partial charge is 0.272 e. The lowest BCUT2D eigenvalue weighted by Crippen LogP contribution is -2.38. The van der Waals surface area contributed by atoms with Crippen molar-refractivity contribution in [1.29, 1.82) is 0 Å². The van der Waals surface area contributed by atoms with Crippen molar-refractivity contribution < 1.29 is 23.8 Å². The number of methoxy groups -OCH3 is 2. The van der Waals surface area contributed by atoms with Gasteiger partial charge < -0.3 is 24.8 Å². The molecule has 0 saturated carbocycles. The van der Waals surface area contributed by atoms with E-state index in [1.165, 1.54) is 0 Å². The van der Waals surface area contributed by atoms with Gasteiger partial charge in [-0.1, -0.05) is 36.4 Å². The lowest BCUT2D eigenvalue weighted by Gasteiger charge is -2.26. The van der Waals surface area contributed by atoms with Gasteiger partial charge in [-0.05, 0) is 17.5 Å². The minimum absolute atomic E-state index is 0.111. The van der Waals surface area contributed by atoms with Crippen LogP contribution in [0.3, 0.4) is 0 Å². The van der Waals surface area contributed by atoms with E-state index in [1.54, 1.807) is 20.3 Å². The Hall–Kier alpha value is -4.15. The molecule has 0 atom stereocenters. The van der Waals surface area contributed by atoms with Crippen LogP contribution in [0.2, 0.25) is 0 Å². The highest BCUT2D eigenvalue weighted by Crippen LogP contribution is 2.30. The van der Waals surface area contributed by atoms with Crippen LogP contribution >= 0.6 is 0 Å². The lowest BCUT2D eigenvalue weighted by molar-refractivity contribution is -0.116. The Morgan fingerprint density at radius 3 is 2.51 bits per heavy atom. The van der Waals surface area contributed by atoms with Crippen molar-refractivity contribution in [2.75, 3.05) is 58.9 Å². The number of ether oxygens (including phenoxy) is 3. The van der Waals surface area contributed by atoms with Crippen molar-refractivity contribution in [3.05, 3.63) is 60.3 Å². The van der Waals surface area contributed by atoms with E-state index in [-0.39, 0.29) is 24.8 Å². The number of amides is 2. The molecule has 1 saturated heterocycles. The van der Waals surface area contributed by atoms with Crippen LogP contribution in [-0.2, 0) is 16.1 Å². The molecule has 1 fully saturated rings. The Kier molecular flexibility index (Phi) is 8.24. The molecule has 39 heavy (non-hydrogen) atoms. The molecule has 2 N–H and O–H groups in total. The van der Waals surface area contributed by atoms with Gasteiger partial charge in [-0.3, -0.25) is 19.2 Å². The fourth-order valence-corrected chi connectivity index (χ4v) is 4.87. The second-order valence-electron chi connectivity index (χ2n) is 9.34. The van der Waals surface area contributed by atoms with E-state index in [1.807, 2.05) is 53.2 Å². The van der Waals surface area contributed by atoms with Gasteiger partial charge in [0.2, 0.25) is 5.91 Å². The summed E-state index contributed by atoms with van der Waals surface area (Å²) in [4.78, 5) is 28.1. The minimum Gasteiger partial charge on any atom is -0.496 e. The summed E-state index contributed by atoms with van der Waals surface area (Å²) in [7, 11) is 3.21. The molecule has 1 aliphatic rings. The summed E-state index contributed by atoms with van der Waals surface area (Å²) in [5, 5.41) is 13.0. The quantitative estimate of drug-likeness (QED) is 0.323. The Morgan fingerprint density at radius 1 is 0.949 bits per heavy atom. The maximum Gasteiger partial charge on any atom is 0.272 e. The highest BCUT2D eigenvalue weighted by atomic mass is 16.5. The number of fused-ring (bicyclic) bond motifs is 2. The molecule has 2 amide bonds. The Bertz CT molecular complexity index is 1480. The summed E-state index contributed by atoms with van der Waals surface area (Å²) in [6.45, 7) is 4.76. The largest absolute Gasteiger partial charge is 0.496 e. The summed E-state index contributed by atoms with van der Waals surface area (Å²) < 4.78 is 18.3. The molecule has 2 heterocycles. The van der Waals surface area contributed by atoms with Crippen LogP contribution in [0.15, 0.2) is 54.6 Å². The summed E-state index contributed by atoms with van der Waals surface area (Å²) >= 11 is 0. The van der Waals surface area contributed by atoms with Gasteiger partial charge in [0.25, 0.3) is 5.91 Å². The van der Waals surface area contributed by atoms with Gasteiger partial charge >= 0.3 is 0 Å². The molecular weight excluding hydrogens is 498 g/mol. The molecule has 0 bridgehead atoms. The lowest BCUT2D eigenvalue weighted by atomic mass is 10.1. The number of benzene rings is 3. The molecule has 1 aliphatic heterocycles. The molecule has 10 nitrogen and oxygen atoms in total. The van der Waals surface area contributed by atoms with E-state index in [0.717, 1.165) is 49.1 Å². The predicted molar refractivity (Wildman–Crippen MR) is 150 cm³/mol. The molecule has 0 radical (unpaired) electrons. The predicted octanol–water partition coefficient (Wildman–Crippen LogP) is 3.30. The number of morpholine rings is 1. The average Bonchev–Trinajstić information content (AvgIpc) is 3.35. The number of carbonyl (C=O) groups is 2. The van der Waals surface area contributed by atoms with Crippen LogP contribution in [0.1, 0.15) is 16.9 Å². The molecule has 10 heteroatoms. The molecule has 0 spiro atoms. The van der Waals surface area contributed by atoms with Gasteiger partial charge in [0.15, 0.2) is 5.69 Å². The number of nitrogens with zero attached hydrogens (tertiary/aromatic N) is 3. The molecule has 204 valence electrons. The molecule has 3 aromatic carbocycles. The van der Waals surface area contributed by atoms with E-state index in [2.05, 4.69) is 20.6 Å². The second kappa shape index (κ2) is 12.1. The number of aromatic nitrogens is 2. The number of rotatable bonds is 10. The van der Waals surface area contributed by atoms with Crippen LogP contribution in [0.4, 0.5) is 5.69 Å². The summed E-state index contributed by atoms with van der Waals surface area (Å²) in [5.41, 5.74) is 1.73. The molecule has 1 aromatic heterocycles. The van der Waals surface area contributed by atoms with Gasteiger partial charge in [0, 0.05) is 55.1 Å². The monoisotopic (exact) mass is 531 g/mol. The maximum atomic E-state index is 13.1. The highest BCUT2D eigenvalue weighted by molar-refractivity contribution is 6.06. The summed E-state index contributed by atoms with van der Waals surface area (Å²) in [5.74, 6) is 0.795. The van der Waals surface area contributed by atoms with Crippen LogP contribution in [0.25, 0.3) is 21.7 Å². The van der Waals surface area contributed by atoms with Crippen LogP contribution in [0, 0.1) is 0 Å². The van der Waals surface area contributed by atoms with E-state index in [4.69, 9.17) is 14.2 Å². The number of hydrogen-bond donors (Lipinski definition) is 2. The molecular formula is C29H33N5O5.